The molecule has 0 bridgehead atoms. The number of H-pyrrole nitrogens is 1. The van der Waals surface area contributed by atoms with Gasteiger partial charge >= 0.3 is 6.18 Å². The summed E-state index contributed by atoms with van der Waals surface area (Å²) in [4.78, 5) is 19.4. The second-order valence-corrected chi connectivity index (χ2v) is 7.08. The van der Waals surface area contributed by atoms with Gasteiger partial charge in [0.05, 0.1) is 25.3 Å². The molecule has 9 heteroatoms. The highest BCUT2D eigenvalue weighted by molar-refractivity contribution is 5.99. The minimum absolute atomic E-state index is 0.214. The van der Waals surface area contributed by atoms with Crippen molar-refractivity contribution in [2.45, 2.75) is 12.8 Å². The van der Waals surface area contributed by atoms with Gasteiger partial charge < -0.3 is 14.1 Å². The zero-order valence-corrected chi connectivity index (χ0v) is 16.3. The number of ether oxygens (including phenoxy) is 1. The van der Waals surface area contributed by atoms with Crippen LogP contribution in [0.15, 0.2) is 47.0 Å². The number of pyridine rings is 1. The number of para-hydroxylation sites is 1. The fraction of sp³-hybridized carbons (Fsp3) is 0.333. The first-order valence-corrected chi connectivity index (χ1v) is 9.51. The van der Waals surface area contributed by atoms with Crippen LogP contribution in [-0.2, 0) is 17.5 Å². The molecule has 0 atom stereocenters. The summed E-state index contributed by atoms with van der Waals surface area (Å²) in [6.45, 7) is 2.10. The number of carbonyl (C=O) groups is 1. The van der Waals surface area contributed by atoms with Gasteiger partial charge in [-0.1, -0.05) is 18.2 Å². The monoisotopic (exact) mass is 420 g/mol. The third kappa shape index (κ3) is 3.85. The van der Waals surface area contributed by atoms with Gasteiger partial charge in [-0.05, 0) is 12.1 Å². The number of fused-ring (bicyclic) bond motifs is 1. The number of alkyl halides is 3. The topological polar surface area (TPSA) is 60.1 Å². The van der Waals surface area contributed by atoms with Crippen LogP contribution in [0.3, 0.4) is 0 Å². The molecule has 3 aromatic rings. The van der Waals surface area contributed by atoms with Gasteiger partial charge in [0.1, 0.15) is 24.9 Å². The molecule has 1 aliphatic heterocycles. The number of nitrogens with one attached hydrogen (secondary N) is 1. The van der Waals surface area contributed by atoms with E-state index in [1.54, 1.807) is 12.0 Å². The summed E-state index contributed by atoms with van der Waals surface area (Å²) in [5, 5.41) is 0.848. The predicted octanol–water partition coefficient (Wildman–Crippen LogP) is 3.37. The Bertz CT molecular complexity index is 1040. The van der Waals surface area contributed by atoms with E-state index in [0.717, 1.165) is 23.2 Å². The van der Waals surface area contributed by atoms with Crippen LogP contribution in [0.25, 0.3) is 11.0 Å². The predicted molar refractivity (Wildman–Crippen MR) is 103 cm³/mol. The van der Waals surface area contributed by atoms with E-state index in [4.69, 9.17) is 9.15 Å². The number of rotatable bonds is 4. The summed E-state index contributed by atoms with van der Waals surface area (Å²) in [5.41, 5.74) is 0.623. The van der Waals surface area contributed by atoms with Gasteiger partial charge in [-0.15, -0.1) is 0 Å². The highest BCUT2D eigenvalue weighted by atomic mass is 19.4. The number of aromatic nitrogens is 1. The van der Waals surface area contributed by atoms with Crippen molar-refractivity contribution in [3.8, 4) is 0 Å². The van der Waals surface area contributed by atoms with Crippen LogP contribution in [0, 0.1) is 0 Å². The molecule has 1 aliphatic rings. The van der Waals surface area contributed by atoms with Crippen molar-refractivity contribution in [3.63, 3.8) is 0 Å². The third-order valence-electron chi connectivity index (χ3n) is 5.21. The number of aromatic amines is 1. The summed E-state index contributed by atoms with van der Waals surface area (Å²) in [6.07, 6.45) is -3.43. The number of benzene rings is 1. The lowest BCUT2D eigenvalue weighted by molar-refractivity contribution is -0.367. The Morgan fingerprint density at radius 1 is 1.13 bits per heavy atom. The Morgan fingerprint density at radius 3 is 2.50 bits per heavy atom. The minimum atomic E-state index is -4.38. The summed E-state index contributed by atoms with van der Waals surface area (Å²) in [7, 11) is 1.56. The fourth-order valence-corrected chi connectivity index (χ4v) is 3.64. The van der Waals surface area contributed by atoms with Crippen LogP contribution in [0.2, 0.25) is 0 Å². The van der Waals surface area contributed by atoms with Crippen molar-refractivity contribution in [1.82, 2.24) is 4.90 Å². The molecule has 0 spiro atoms. The van der Waals surface area contributed by atoms with E-state index < -0.39 is 11.7 Å². The summed E-state index contributed by atoms with van der Waals surface area (Å²) < 4.78 is 49.3. The van der Waals surface area contributed by atoms with Crippen molar-refractivity contribution in [1.29, 1.82) is 0 Å². The van der Waals surface area contributed by atoms with E-state index in [9.17, 15) is 18.0 Å². The van der Waals surface area contributed by atoms with Crippen LogP contribution in [0.5, 0.6) is 0 Å². The lowest BCUT2D eigenvalue weighted by Gasteiger charge is -2.30. The molecule has 4 rings (SSSR count). The number of piperazine rings is 1. The molecule has 0 radical (unpaired) electrons. The van der Waals surface area contributed by atoms with E-state index in [2.05, 4.69) is 4.98 Å². The van der Waals surface area contributed by atoms with Crippen molar-refractivity contribution in [3.05, 3.63) is 59.5 Å². The highest BCUT2D eigenvalue weighted by Gasteiger charge is 2.34. The molecular formula is C21H21F3N3O3+. The number of hydrogen-bond acceptors (Lipinski definition) is 4. The lowest BCUT2D eigenvalue weighted by atomic mass is 10.1. The SMILES string of the molecule is COCc1c(C(=O)N2CCN(c3ccc(C(F)(F)F)c[nH+]3)CC2)oc2ccccc12. The maximum absolute atomic E-state index is 13.1. The van der Waals surface area contributed by atoms with Gasteiger partial charge in [-0.3, -0.25) is 9.69 Å². The molecule has 1 aromatic carbocycles. The highest BCUT2D eigenvalue weighted by Crippen LogP contribution is 2.29. The number of anilines is 1. The van der Waals surface area contributed by atoms with Gasteiger partial charge in [0, 0.05) is 24.1 Å². The molecule has 30 heavy (non-hydrogen) atoms. The molecule has 0 unspecified atom stereocenters. The average Bonchev–Trinajstić information content (AvgIpc) is 3.12. The summed E-state index contributed by atoms with van der Waals surface area (Å²) in [6, 6.07) is 9.89. The Labute approximate surface area is 170 Å². The lowest BCUT2D eigenvalue weighted by Crippen LogP contribution is -2.50. The van der Waals surface area contributed by atoms with Gasteiger partial charge in [0.2, 0.25) is 0 Å². The van der Waals surface area contributed by atoms with Crippen molar-refractivity contribution >= 4 is 22.7 Å². The zero-order chi connectivity index (χ0) is 21.3. The second kappa shape index (κ2) is 7.98. The van der Waals surface area contributed by atoms with Crippen LogP contribution >= 0.6 is 0 Å². The van der Waals surface area contributed by atoms with Crippen LogP contribution in [0.1, 0.15) is 21.7 Å². The molecule has 1 amide bonds. The Balaban J connectivity index is 1.47. The second-order valence-electron chi connectivity index (χ2n) is 7.08. The molecule has 1 fully saturated rings. The maximum atomic E-state index is 13.1. The minimum Gasteiger partial charge on any atom is -0.451 e. The molecule has 3 heterocycles. The van der Waals surface area contributed by atoms with Crippen LogP contribution < -0.4 is 9.88 Å². The molecule has 1 N–H and O–H groups in total. The number of hydrogen-bond donors (Lipinski definition) is 0. The molecular weight excluding hydrogens is 399 g/mol. The molecule has 158 valence electrons. The first-order valence-electron chi connectivity index (χ1n) is 9.51. The molecule has 0 aliphatic carbocycles. The smallest absolute Gasteiger partial charge is 0.419 e. The first kappa shape index (κ1) is 20.2. The maximum Gasteiger partial charge on any atom is 0.419 e. The standard InChI is InChI=1S/C21H20F3N3O3/c1-29-13-16-15-4-2-3-5-17(15)30-19(16)20(28)27-10-8-26(9-11-27)18-7-6-14(12-25-18)21(22,23)24/h2-7,12H,8-11,13H2,1H3/p+1. The Hall–Kier alpha value is -3.07. The van der Waals surface area contributed by atoms with E-state index in [-0.39, 0.29) is 18.3 Å². The first-order chi connectivity index (χ1) is 14.4. The average molecular weight is 420 g/mol. The van der Waals surface area contributed by atoms with Crippen molar-refractivity contribution < 1.29 is 32.1 Å². The number of furan rings is 1. The molecule has 2 aromatic heterocycles. The number of amides is 1. The fourth-order valence-electron chi connectivity index (χ4n) is 3.64. The quantitative estimate of drug-likeness (QED) is 0.649. The van der Waals surface area contributed by atoms with Gasteiger partial charge in [0.25, 0.3) is 11.7 Å². The number of methoxy groups -OCH3 is 1. The zero-order valence-electron chi connectivity index (χ0n) is 16.3. The van der Waals surface area contributed by atoms with E-state index in [0.29, 0.717) is 37.6 Å². The van der Waals surface area contributed by atoms with Crippen LogP contribution in [0.4, 0.5) is 19.0 Å². The Kier molecular flexibility index (Phi) is 5.38. The molecule has 0 saturated carbocycles. The number of nitrogens with zero attached hydrogens (tertiary/aromatic N) is 2. The Morgan fingerprint density at radius 2 is 1.87 bits per heavy atom. The number of halogens is 3. The summed E-state index contributed by atoms with van der Waals surface area (Å²) >= 11 is 0. The van der Waals surface area contributed by atoms with Crippen molar-refractivity contribution in [2.24, 2.45) is 0 Å². The van der Waals surface area contributed by atoms with Crippen molar-refractivity contribution in [2.75, 3.05) is 38.2 Å². The third-order valence-corrected chi connectivity index (χ3v) is 5.21. The van der Waals surface area contributed by atoms with Crippen LogP contribution in [-0.4, -0.2) is 44.1 Å². The normalized spacial score (nSPS) is 15.1. The van der Waals surface area contributed by atoms with E-state index >= 15 is 0 Å². The molecule has 1 saturated heterocycles. The molecule has 6 nitrogen and oxygen atoms in total. The van der Waals surface area contributed by atoms with E-state index in [1.807, 2.05) is 29.2 Å². The van der Waals surface area contributed by atoms with E-state index in [1.165, 1.54) is 6.07 Å². The van der Waals surface area contributed by atoms with Gasteiger partial charge in [-0.2, -0.15) is 13.2 Å². The number of carbonyl (C=O) groups excluding carboxylic acids is 1. The largest absolute Gasteiger partial charge is 0.451 e. The summed E-state index contributed by atoms with van der Waals surface area (Å²) in [5.74, 6) is 0.640. The van der Waals surface area contributed by atoms with Gasteiger partial charge in [0.15, 0.2) is 5.76 Å². The van der Waals surface area contributed by atoms with Gasteiger partial charge in [-0.25, -0.2) is 4.98 Å².